The van der Waals surface area contributed by atoms with Crippen molar-refractivity contribution in [2.75, 3.05) is 24.5 Å². The minimum Gasteiger partial charge on any atom is -0.357 e. The van der Waals surface area contributed by atoms with E-state index in [0.29, 0.717) is 5.69 Å². The summed E-state index contributed by atoms with van der Waals surface area (Å²) in [6, 6.07) is 3.97. The molecule has 5 rings (SSSR count). The zero-order chi connectivity index (χ0) is 17.7. The third kappa shape index (κ3) is 2.38. The molecule has 1 spiro atoms. The molecular weight excluding hydrogens is 328 g/mol. The summed E-state index contributed by atoms with van der Waals surface area (Å²) in [5.41, 5.74) is 2.57. The van der Waals surface area contributed by atoms with E-state index in [2.05, 4.69) is 29.7 Å². The molecule has 1 aliphatic carbocycles. The number of aromatic amines is 2. The third-order valence-electron chi connectivity index (χ3n) is 5.63. The van der Waals surface area contributed by atoms with E-state index in [0.717, 1.165) is 61.3 Å². The number of aryl methyl sites for hydroxylation is 1. The number of carbonyl (C=O) groups excluding carboxylic acids is 1. The molecule has 2 N–H and O–H groups in total. The van der Waals surface area contributed by atoms with E-state index >= 15 is 0 Å². The summed E-state index contributed by atoms with van der Waals surface area (Å²) in [5, 5.41) is 1.04. The quantitative estimate of drug-likeness (QED) is 0.744. The molecule has 2 aliphatic rings. The molecule has 3 aromatic heterocycles. The first-order valence-electron chi connectivity index (χ1n) is 9.16. The van der Waals surface area contributed by atoms with Gasteiger partial charge in [0.25, 0.3) is 5.91 Å². The Morgan fingerprint density at radius 2 is 2.12 bits per heavy atom. The van der Waals surface area contributed by atoms with Crippen molar-refractivity contribution in [2.24, 2.45) is 0 Å². The number of fused-ring (bicyclic) bond motifs is 1. The van der Waals surface area contributed by atoms with Crippen LogP contribution in [0.3, 0.4) is 0 Å². The summed E-state index contributed by atoms with van der Waals surface area (Å²) in [4.78, 5) is 32.6. The molecule has 1 amide bonds. The van der Waals surface area contributed by atoms with Gasteiger partial charge in [0.2, 0.25) is 0 Å². The van der Waals surface area contributed by atoms with Gasteiger partial charge in [0.05, 0.1) is 10.9 Å². The fourth-order valence-electron chi connectivity index (χ4n) is 4.13. The molecule has 26 heavy (non-hydrogen) atoms. The van der Waals surface area contributed by atoms with Gasteiger partial charge in [0, 0.05) is 32.0 Å². The van der Waals surface area contributed by atoms with Crippen LogP contribution in [0.25, 0.3) is 11.0 Å². The molecule has 0 aromatic carbocycles. The summed E-state index contributed by atoms with van der Waals surface area (Å²) in [6.07, 6.45) is 8.44. The van der Waals surface area contributed by atoms with Gasteiger partial charge in [-0.15, -0.1) is 0 Å². The van der Waals surface area contributed by atoms with Gasteiger partial charge in [-0.25, -0.2) is 9.97 Å². The zero-order valence-electron chi connectivity index (χ0n) is 14.8. The van der Waals surface area contributed by atoms with Crippen LogP contribution in [-0.2, 0) is 0 Å². The van der Waals surface area contributed by atoms with Gasteiger partial charge in [-0.2, -0.15) is 0 Å². The summed E-state index contributed by atoms with van der Waals surface area (Å²) >= 11 is 0. The Hall–Kier alpha value is -2.83. The highest BCUT2D eigenvalue weighted by molar-refractivity contribution is 5.94. The predicted molar refractivity (Wildman–Crippen MR) is 99.2 cm³/mol. The number of rotatable bonds is 2. The summed E-state index contributed by atoms with van der Waals surface area (Å²) in [6.45, 7) is 4.51. The molecule has 0 atom stereocenters. The Kier molecular flexibility index (Phi) is 3.32. The highest BCUT2D eigenvalue weighted by Crippen LogP contribution is 2.45. The van der Waals surface area contributed by atoms with Crippen molar-refractivity contribution in [1.29, 1.82) is 0 Å². The Morgan fingerprint density at radius 1 is 1.23 bits per heavy atom. The molecule has 0 unspecified atom stereocenters. The maximum Gasteiger partial charge on any atom is 0.270 e. The first-order valence-corrected chi connectivity index (χ1v) is 9.16. The van der Waals surface area contributed by atoms with Crippen LogP contribution in [-0.4, -0.2) is 55.9 Å². The normalized spacial score (nSPS) is 19.1. The summed E-state index contributed by atoms with van der Waals surface area (Å²) < 4.78 is 0. The average Bonchev–Trinajstić information content (AvgIpc) is 3.09. The Bertz CT molecular complexity index is 969. The van der Waals surface area contributed by atoms with Gasteiger partial charge in [0.1, 0.15) is 23.5 Å². The Balaban J connectivity index is 1.46. The summed E-state index contributed by atoms with van der Waals surface area (Å²) in [7, 11) is 0. The minimum absolute atomic E-state index is 0.0693. The van der Waals surface area contributed by atoms with Crippen molar-refractivity contribution >= 4 is 22.8 Å². The lowest BCUT2D eigenvalue weighted by Gasteiger charge is -2.32. The first-order chi connectivity index (χ1) is 12.7. The second-order valence-corrected chi connectivity index (χ2v) is 7.48. The van der Waals surface area contributed by atoms with Crippen molar-refractivity contribution in [2.45, 2.75) is 31.7 Å². The van der Waals surface area contributed by atoms with Gasteiger partial charge in [-0.1, -0.05) is 0 Å². The molecule has 1 saturated carbocycles. The van der Waals surface area contributed by atoms with Crippen molar-refractivity contribution in [1.82, 2.24) is 24.8 Å². The fourth-order valence-corrected chi connectivity index (χ4v) is 4.13. The number of H-pyrrole nitrogens is 2. The van der Waals surface area contributed by atoms with Crippen LogP contribution in [0, 0.1) is 6.92 Å². The molecule has 7 heteroatoms. The van der Waals surface area contributed by atoms with Gasteiger partial charge in [-0.3, -0.25) is 4.79 Å². The van der Waals surface area contributed by atoms with E-state index in [9.17, 15) is 4.79 Å². The number of amides is 1. The van der Waals surface area contributed by atoms with Crippen molar-refractivity contribution in [3.05, 3.63) is 42.1 Å². The second-order valence-electron chi connectivity index (χ2n) is 7.48. The second kappa shape index (κ2) is 5.59. The number of anilines is 1. The summed E-state index contributed by atoms with van der Waals surface area (Å²) in [5.74, 6) is 1.08. The zero-order valence-corrected chi connectivity index (χ0v) is 14.8. The molecule has 4 heterocycles. The Morgan fingerprint density at radius 3 is 2.88 bits per heavy atom. The Labute approximate surface area is 151 Å². The van der Waals surface area contributed by atoms with E-state index in [-0.39, 0.29) is 11.4 Å². The van der Waals surface area contributed by atoms with Crippen LogP contribution < -0.4 is 4.90 Å². The monoisotopic (exact) mass is 350 g/mol. The van der Waals surface area contributed by atoms with Crippen LogP contribution >= 0.6 is 0 Å². The minimum atomic E-state index is -0.0693. The molecule has 0 bridgehead atoms. The van der Waals surface area contributed by atoms with Crippen molar-refractivity contribution < 1.29 is 4.79 Å². The van der Waals surface area contributed by atoms with Crippen LogP contribution in [0.4, 0.5) is 5.82 Å². The van der Waals surface area contributed by atoms with Crippen LogP contribution in [0.2, 0.25) is 0 Å². The van der Waals surface area contributed by atoms with Crippen LogP contribution in [0.5, 0.6) is 0 Å². The van der Waals surface area contributed by atoms with E-state index in [4.69, 9.17) is 0 Å². The van der Waals surface area contributed by atoms with Gasteiger partial charge >= 0.3 is 0 Å². The van der Waals surface area contributed by atoms with Crippen LogP contribution in [0.1, 0.15) is 35.3 Å². The van der Waals surface area contributed by atoms with E-state index in [1.807, 2.05) is 31.5 Å². The molecular formula is C19H22N6O. The molecule has 2 fully saturated rings. The van der Waals surface area contributed by atoms with Crippen molar-refractivity contribution in [3.63, 3.8) is 0 Å². The van der Waals surface area contributed by atoms with Gasteiger partial charge in [-0.05, 0) is 43.9 Å². The first kappa shape index (κ1) is 15.4. The van der Waals surface area contributed by atoms with E-state index < -0.39 is 0 Å². The van der Waals surface area contributed by atoms with Crippen LogP contribution in [0.15, 0.2) is 30.9 Å². The lowest BCUT2D eigenvalue weighted by atomic mass is 10.2. The fraction of sp³-hybridized carbons (Fsp3) is 0.421. The van der Waals surface area contributed by atoms with E-state index in [1.165, 1.54) is 0 Å². The molecule has 3 aromatic rings. The smallest absolute Gasteiger partial charge is 0.270 e. The average molecular weight is 350 g/mol. The largest absolute Gasteiger partial charge is 0.357 e. The standard InChI is InChI=1S/C19H22N6O/c1-13-9-15(21-10-13)18(26)25-8-2-7-24(11-19(25)4-5-19)17-14-3-6-20-16(14)22-12-23-17/h3,6,9-10,12,21H,2,4-5,7-8,11H2,1H3,(H,20,22,23). The third-order valence-corrected chi connectivity index (χ3v) is 5.63. The number of nitrogens with zero attached hydrogens (tertiary/aromatic N) is 4. The van der Waals surface area contributed by atoms with Gasteiger partial charge < -0.3 is 19.8 Å². The number of carbonyl (C=O) groups is 1. The van der Waals surface area contributed by atoms with E-state index in [1.54, 1.807) is 6.33 Å². The lowest BCUT2D eigenvalue weighted by molar-refractivity contribution is 0.0664. The lowest BCUT2D eigenvalue weighted by Crippen LogP contribution is -2.47. The molecule has 1 aliphatic heterocycles. The molecule has 7 nitrogen and oxygen atoms in total. The number of aromatic nitrogens is 4. The highest BCUT2D eigenvalue weighted by atomic mass is 16.2. The number of hydrogen-bond donors (Lipinski definition) is 2. The van der Waals surface area contributed by atoms with Crippen molar-refractivity contribution in [3.8, 4) is 0 Å². The topological polar surface area (TPSA) is 80.9 Å². The number of hydrogen-bond acceptors (Lipinski definition) is 4. The number of nitrogens with one attached hydrogen (secondary N) is 2. The van der Waals surface area contributed by atoms with Gasteiger partial charge in [0.15, 0.2) is 0 Å². The SMILES string of the molecule is Cc1c[nH]c(C(=O)N2CCCN(c3ncnc4[nH]ccc34)CC23CC3)c1. The maximum atomic E-state index is 13.1. The highest BCUT2D eigenvalue weighted by Gasteiger charge is 2.52. The molecule has 134 valence electrons. The molecule has 0 radical (unpaired) electrons. The predicted octanol–water partition coefficient (Wildman–Crippen LogP) is 2.48. The maximum absolute atomic E-state index is 13.1. The molecule has 1 saturated heterocycles.